The van der Waals surface area contributed by atoms with Gasteiger partial charge in [-0.2, -0.15) is 0 Å². The summed E-state index contributed by atoms with van der Waals surface area (Å²) in [5.41, 5.74) is 0. The van der Waals surface area contributed by atoms with Crippen molar-refractivity contribution >= 4 is 0 Å². The van der Waals surface area contributed by atoms with Crippen LogP contribution >= 0.6 is 0 Å². The predicted molar refractivity (Wildman–Crippen MR) is 62.0 cm³/mol. The molecule has 1 unspecified atom stereocenters. The van der Waals surface area contributed by atoms with Crippen LogP contribution in [0.3, 0.4) is 0 Å². The third-order valence-electron chi connectivity index (χ3n) is 2.12. The lowest BCUT2D eigenvalue weighted by Gasteiger charge is -2.09. The third kappa shape index (κ3) is 11.8. The van der Waals surface area contributed by atoms with Gasteiger partial charge in [-0.15, -0.1) is 0 Å². The minimum Gasteiger partial charge on any atom is -0.393 e. The van der Waals surface area contributed by atoms with Crippen LogP contribution in [0, 0.1) is 5.92 Å². The van der Waals surface area contributed by atoms with Crippen LogP contribution in [0.2, 0.25) is 0 Å². The Labute approximate surface area is 93.8 Å². The fourth-order valence-electron chi connectivity index (χ4n) is 1.16. The molecule has 0 spiro atoms. The smallest absolute Gasteiger partial charge is 0.0700 e. The highest BCUT2D eigenvalue weighted by Crippen LogP contribution is 2.00. The van der Waals surface area contributed by atoms with E-state index in [4.69, 9.17) is 9.47 Å². The summed E-state index contributed by atoms with van der Waals surface area (Å²) < 4.78 is 10.7. The second-order valence-corrected chi connectivity index (χ2v) is 4.29. The molecule has 3 heteroatoms. The number of ether oxygens (including phenoxy) is 2. The Morgan fingerprint density at radius 2 is 1.73 bits per heavy atom. The van der Waals surface area contributed by atoms with Crippen molar-refractivity contribution in [3.8, 4) is 0 Å². The molecular formula is C12H26O3. The molecule has 0 bridgehead atoms. The summed E-state index contributed by atoms with van der Waals surface area (Å²) in [5.74, 6) is 0.588. The van der Waals surface area contributed by atoms with Gasteiger partial charge in [0.05, 0.1) is 19.3 Å². The number of hydrogen-bond donors (Lipinski definition) is 1. The van der Waals surface area contributed by atoms with Gasteiger partial charge in [0.25, 0.3) is 0 Å². The van der Waals surface area contributed by atoms with Crippen molar-refractivity contribution in [1.82, 2.24) is 0 Å². The fourth-order valence-corrected chi connectivity index (χ4v) is 1.16. The van der Waals surface area contributed by atoms with Crippen molar-refractivity contribution in [2.24, 2.45) is 5.92 Å². The van der Waals surface area contributed by atoms with Gasteiger partial charge in [-0.05, 0) is 25.2 Å². The van der Waals surface area contributed by atoms with E-state index in [0.717, 1.165) is 32.5 Å². The van der Waals surface area contributed by atoms with Gasteiger partial charge in [0.15, 0.2) is 0 Å². The van der Waals surface area contributed by atoms with Gasteiger partial charge in [-0.25, -0.2) is 0 Å². The summed E-state index contributed by atoms with van der Waals surface area (Å²) in [6, 6.07) is 0. The zero-order valence-electron chi connectivity index (χ0n) is 10.4. The molecule has 0 saturated carbocycles. The summed E-state index contributed by atoms with van der Waals surface area (Å²) in [6.45, 7) is 9.12. The molecular weight excluding hydrogens is 192 g/mol. The third-order valence-corrected chi connectivity index (χ3v) is 2.12. The molecule has 1 atom stereocenters. The second kappa shape index (κ2) is 10.4. The Kier molecular flexibility index (Phi) is 10.3. The maximum atomic E-state index is 9.28. The monoisotopic (exact) mass is 218 g/mol. The quantitative estimate of drug-likeness (QED) is 0.571. The van der Waals surface area contributed by atoms with Crippen LogP contribution in [0.1, 0.15) is 40.0 Å². The largest absolute Gasteiger partial charge is 0.393 e. The Morgan fingerprint density at radius 1 is 1.07 bits per heavy atom. The van der Waals surface area contributed by atoms with E-state index < -0.39 is 0 Å². The molecule has 0 aromatic rings. The van der Waals surface area contributed by atoms with Crippen molar-refractivity contribution in [2.45, 2.75) is 46.1 Å². The predicted octanol–water partition coefficient (Wildman–Crippen LogP) is 2.23. The topological polar surface area (TPSA) is 38.7 Å². The van der Waals surface area contributed by atoms with Gasteiger partial charge < -0.3 is 14.6 Å². The standard InChI is InChI=1S/C12H26O3/c1-4-12(13)6-5-7-14-8-9-15-10-11(2)3/h11-13H,4-10H2,1-3H3. The van der Waals surface area contributed by atoms with Crippen molar-refractivity contribution in [3.63, 3.8) is 0 Å². The first kappa shape index (κ1) is 14.9. The van der Waals surface area contributed by atoms with Crippen molar-refractivity contribution in [3.05, 3.63) is 0 Å². The van der Waals surface area contributed by atoms with Crippen LogP contribution in [0.25, 0.3) is 0 Å². The lowest BCUT2D eigenvalue weighted by molar-refractivity contribution is 0.0332. The Balaban J connectivity index is 2.99. The molecule has 3 nitrogen and oxygen atoms in total. The maximum absolute atomic E-state index is 9.28. The SMILES string of the molecule is CCC(O)CCCOCCOCC(C)C. The molecule has 0 heterocycles. The van der Waals surface area contributed by atoms with Gasteiger partial charge in [-0.3, -0.25) is 0 Å². The molecule has 15 heavy (non-hydrogen) atoms. The van der Waals surface area contributed by atoms with E-state index in [1.807, 2.05) is 6.92 Å². The molecule has 0 radical (unpaired) electrons. The average molecular weight is 218 g/mol. The first-order valence-corrected chi connectivity index (χ1v) is 6.00. The molecule has 0 aliphatic rings. The summed E-state index contributed by atoms with van der Waals surface area (Å²) in [6.07, 6.45) is 2.44. The summed E-state index contributed by atoms with van der Waals surface area (Å²) in [5, 5.41) is 9.28. The number of aliphatic hydroxyl groups excluding tert-OH is 1. The number of hydrogen-bond acceptors (Lipinski definition) is 3. The molecule has 0 aliphatic carbocycles. The maximum Gasteiger partial charge on any atom is 0.0700 e. The second-order valence-electron chi connectivity index (χ2n) is 4.29. The van der Waals surface area contributed by atoms with Gasteiger partial charge >= 0.3 is 0 Å². The van der Waals surface area contributed by atoms with Crippen LogP contribution in [-0.4, -0.2) is 37.6 Å². The first-order valence-electron chi connectivity index (χ1n) is 6.00. The van der Waals surface area contributed by atoms with Gasteiger partial charge in [0.1, 0.15) is 0 Å². The number of rotatable bonds is 10. The highest BCUT2D eigenvalue weighted by atomic mass is 16.5. The molecule has 0 aromatic heterocycles. The highest BCUT2D eigenvalue weighted by molar-refractivity contribution is 4.51. The summed E-state index contributed by atoms with van der Waals surface area (Å²) in [4.78, 5) is 0. The van der Waals surface area contributed by atoms with Gasteiger partial charge in [0.2, 0.25) is 0 Å². The molecule has 0 saturated heterocycles. The van der Waals surface area contributed by atoms with E-state index in [0.29, 0.717) is 19.1 Å². The lowest BCUT2D eigenvalue weighted by Crippen LogP contribution is -2.10. The zero-order valence-corrected chi connectivity index (χ0v) is 10.4. The van der Waals surface area contributed by atoms with Crippen LogP contribution in [0.4, 0.5) is 0 Å². The van der Waals surface area contributed by atoms with E-state index in [9.17, 15) is 5.11 Å². The van der Waals surface area contributed by atoms with Crippen LogP contribution < -0.4 is 0 Å². The Bertz CT molecular complexity index is 126. The molecule has 0 rings (SSSR count). The van der Waals surface area contributed by atoms with E-state index in [1.165, 1.54) is 0 Å². The van der Waals surface area contributed by atoms with E-state index in [1.54, 1.807) is 0 Å². The molecule has 0 aliphatic heterocycles. The number of aliphatic hydroxyl groups is 1. The first-order chi connectivity index (χ1) is 7.16. The van der Waals surface area contributed by atoms with Crippen LogP contribution in [-0.2, 0) is 9.47 Å². The zero-order chi connectivity index (χ0) is 11.5. The Hall–Kier alpha value is -0.120. The van der Waals surface area contributed by atoms with E-state index in [2.05, 4.69) is 13.8 Å². The molecule has 1 N–H and O–H groups in total. The van der Waals surface area contributed by atoms with Gasteiger partial charge in [-0.1, -0.05) is 20.8 Å². The van der Waals surface area contributed by atoms with Crippen molar-refractivity contribution in [1.29, 1.82) is 0 Å². The minimum absolute atomic E-state index is 0.161. The molecule has 92 valence electrons. The lowest BCUT2D eigenvalue weighted by atomic mass is 10.2. The minimum atomic E-state index is -0.161. The summed E-state index contributed by atoms with van der Waals surface area (Å²) in [7, 11) is 0. The van der Waals surface area contributed by atoms with Crippen molar-refractivity contribution < 1.29 is 14.6 Å². The molecule has 0 aromatic carbocycles. The molecule has 0 fully saturated rings. The molecule has 0 amide bonds. The fraction of sp³-hybridized carbons (Fsp3) is 1.00. The normalized spacial score (nSPS) is 13.4. The van der Waals surface area contributed by atoms with E-state index in [-0.39, 0.29) is 6.10 Å². The summed E-state index contributed by atoms with van der Waals surface area (Å²) >= 11 is 0. The van der Waals surface area contributed by atoms with Crippen molar-refractivity contribution in [2.75, 3.05) is 26.4 Å². The van der Waals surface area contributed by atoms with E-state index >= 15 is 0 Å². The average Bonchev–Trinajstić information content (AvgIpc) is 2.21. The highest BCUT2D eigenvalue weighted by Gasteiger charge is 1.99. The Morgan fingerprint density at radius 3 is 2.33 bits per heavy atom. The van der Waals surface area contributed by atoms with Crippen LogP contribution in [0.15, 0.2) is 0 Å². The van der Waals surface area contributed by atoms with Crippen LogP contribution in [0.5, 0.6) is 0 Å². The van der Waals surface area contributed by atoms with Gasteiger partial charge in [0, 0.05) is 13.2 Å².